The quantitative estimate of drug-likeness (QED) is 0.568. The normalized spacial score (nSPS) is 11.6. The maximum absolute atomic E-state index is 13.7. The first-order valence-corrected chi connectivity index (χ1v) is 10.00. The molecule has 0 unspecified atom stereocenters. The average Bonchev–Trinajstić information content (AvgIpc) is 3.00. The Kier molecular flexibility index (Phi) is 6.38. The van der Waals surface area contributed by atoms with Gasteiger partial charge >= 0.3 is 17.8 Å². The Labute approximate surface area is 177 Å². The van der Waals surface area contributed by atoms with E-state index in [4.69, 9.17) is 0 Å². The first kappa shape index (κ1) is 22.4. The van der Waals surface area contributed by atoms with Crippen molar-refractivity contribution in [3.8, 4) is 11.1 Å². The molecule has 0 aliphatic carbocycles. The lowest BCUT2D eigenvalue weighted by Crippen LogP contribution is -2.26. The van der Waals surface area contributed by atoms with Gasteiger partial charge in [0.2, 0.25) is 0 Å². The number of carbonyl (C=O) groups is 1. The van der Waals surface area contributed by atoms with E-state index in [-0.39, 0.29) is 30.8 Å². The Bertz CT molecular complexity index is 1140. The highest BCUT2D eigenvalue weighted by atomic mass is 19.4. The number of halogens is 3. The van der Waals surface area contributed by atoms with Crippen LogP contribution in [0.5, 0.6) is 0 Å². The molecule has 0 radical (unpaired) electrons. The lowest BCUT2D eigenvalue weighted by atomic mass is 9.99. The minimum Gasteiger partial charge on any atom is -0.478 e. The van der Waals surface area contributed by atoms with Gasteiger partial charge in [-0.1, -0.05) is 55.8 Å². The maximum Gasteiger partial charge on any atom is 0.433 e. The van der Waals surface area contributed by atoms with Gasteiger partial charge in [-0.2, -0.15) is 13.2 Å². The molecule has 31 heavy (non-hydrogen) atoms. The van der Waals surface area contributed by atoms with Crippen molar-refractivity contribution in [1.82, 2.24) is 9.13 Å². The standard InChI is InChI=1S/C23H23F3N2O3/c1-3-7-19-20(23(24,25)26)27(4-2)22(31)28(19)14-15-10-12-16(13-11-15)17-8-5-6-9-18(17)21(29)30/h5-6,8-13H,3-4,7,14H2,1-2H3,(H,29,30). The van der Waals surface area contributed by atoms with E-state index in [1.165, 1.54) is 17.6 Å². The Morgan fingerprint density at radius 3 is 2.19 bits per heavy atom. The van der Waals surface area contributed by atoms with Crippen molar-refractivity contribution in [2.24, 2.45) is 0 Å². The Morgan fingerprint density at radius 1 is 1.00 bits per heavy atom. The molecule has 0 fully saturated rings. The molecular formula is C23H23F3N2O3. The number of nitrogens with zero attached hydrogens (tertiary/aromatic N) is 2. The van der Waals surface area contributed by atoms with Crippen molar-refractivity contribution >= 4 is 5.97 Å². The summed E-state index contributed by atoms with van der Waals surface area (Å²) in [5.41, 5.74) is 0.450. The number of imidazole rings is 1. The topological polar surface area (TPSA) is 64.2 Å². The van der Waals surface area contributed by atoms with E-state index in [9.17, 15) is 27.9 Å². The van der Waals surface area contributed by atoms with E-state index >= 15 is 0 Å². The monoisotopic (exact) mass is 432 g/mol. The van der Waals surface area contributed by atoms with E-state index in [2.05, 4.69) is 0 Å². The van der Waals surface area contributed by atoms with Crippen LogP contribution in [0.3, 0.4) is 0 Å². The number of aromatic carboxylic acids is 1. The summed E-state index contributed by atoms with van der Waals surface area (Å²) in [6.07, 6.45) is -4.00. The number of rotatable bonds is 7. The molecule has 3 aromatic rings. The lowest BCUT2D eigenvalue weighted by molar-refractivity contribution is -0.144. The number of carboxylic acids is 1. The Morgan fingerprint density at radius 2 is 1.65 bits per heavy atom. The van der Waals surface area contributed by atoms with Crippen LogP contribution in [0.2, 0.25) is 0 Å². The molecule has 0 saturated carbocycles. The van der Waals surface area contributed by atoms with E-state index in [1.807, 2.05) is 0 Å². The molecule has 5 nitrogen and oxygen atoms in total. The molecule has 2 aromatic carbocycles. The molecule has 0 saturated heterocycles. The summed E-state index contributed by atoms with van der Waals surface area (Å²) >= 11 is 0. The maximum atomic E-state index is 13.7. The summed E-state index contributed by atoms with van der Waals surface area (Å²) in [7, 11) is 0. The number of hydrogen-bond acceptors (Lipinski definition) is 2. The summed E-state index contributed by atoms with van der Waals surface area (Å²) in [5.74, 6) is -1.05. The summed E-state index contributed by atoms with van der Waals surface area (Å²) in [6.45, 7) is 3.23. The highest BCUT2D eigenvalue weighted by Gasteiger charge is 2.39. The van der Waals surface area contributed by atoms with E-state index < -0.39 is 23.5 Å². The van der Waals surface area contributed by atoms with Gasteiger partial charge in [0.05, 0.1) is 17.8 Å². The van der Waals surface area contributed by atoms with Crippen molar-refractivity contribution in [2.75, 3.05) is 0 Å². The first-order valence-electron chi connectivity index (χ1n) is 10.00. The van der Waals surface area contributed by atoms with Crippen molar-refractivity contribution in [1.29, 1.82) is 0 Å². The molecule has 0 aliphatic heterocycles. The number of aromatic nitrogens is 2. The van der Waals surface area contributed by atoms with Crippen molar-refractivity contribution < 1.29 is 23.1 Å². The smallest absolute Gasteiger partial charge is 0.433 e. The zero-order chi connectivity index (χ0) is 22.8. The molecule has 1 heterocycles. The lowest BCUT2D eigenvalue weighted by Gasteiger charge is -2.12. The van der Waals surface area contributed by atoms with Crippen LogP contribution in [0.25, 0.3) is 11.1 Å². The molecule has 1 aromatic heterocycles. The summed E-state index contributed by atoms with van der Waals surface area (Å²) in [4.78, 5) is 24.2. The molecule has 164 valence electrons. The fraction of sp³-hybridized carbons (Fsp3) is 0.304. The molecule has 0 aliphatic rings. The van der Waals surface area contributed by atoms with Crippen LogP contribution >= 0.6 is 0 Å². The highest BCUT2D eigenvalue weighted by Crippen LogP contribution is 2.33. The zero-order valence-corrected chi connectivity index (χ0v) is 17.2. The first-order chi connectivity index (χ1) is 14.7. The van der Waals surface area contributed by atoms with E-state index in [0.29, 0.717) is 23.1 Å². The van der Waals surface area contributed by atoms with Gasteiger partial charge in [0.15, 0.2) is 0 Å². The Hall–Kier alpha value is -3.29. The average molecular weight is 432 g/mol. The highest BCUT2D eigenvalue weighted by molar-refractivity contribution is 5.95. The summed E-state index contributed by atoms with van der Waals surface area (Å²) in [6, 6.07) is 13.4. The predicted molar refractivity (Wildman–Crippen MR) is 111 cm³/mol. The third-order valence-electron chi connectivity index (χ3n) is 5.17. The number of carboxylic acid groups (broad SMARTS) is 1. The SMILES string of the molecule is CCCc1c(C(F)(F)F)n(CC)c(=O)n1Cc1ccc(-c2ccccc2C(=O)O)cc1. The second-order valence-electron chi connectivity index (χ2n) is 7.20. The largest absolute Gasteiger partial charge is 0.478 e. The van der Waals surface area contributed by atoms with Crippen molar-refractivity contribution in [3.63, 3.8) is 0 Å². The van der Waals surface area contributed by atoms with Crippen LogP contribution < -0.4 is 5.69 Å². The van der Waals surface area contributed by atoms with Gasteiger partial charge in [-0.05, 0) is 36.1 Å². The van der Waals surface area contributed by atoms with Gasteiger partial charge < -0.3 is 5.11 Å². The third-order valence-corrected chi connectivity index (χ3v) is 5.17. The summed E-state index contributed by atoms with van der Waals surface area (Å²) < 4.78 is 43.0. The van der Waals surface area contributed by atoms with Crippen molar-refractivity contribution in [3.05, 3.63) is 81.5 Å². The number of hydrogen-bond donors (Lipinski definition) is 1. The fourth-order valence-electron chi connectivity index (χ4n) is 3.80. The van der Waals surface area contributed by atoms with Gasteiger partial charge in [0, 0.05) is 6.54 Å². The molecular weight excluding hydrogens is 409 g/mol. The number of alkyl halides is 3. The van der Waals surface area contributed by atoms with Gasteiger partial charge in [-0.3, -0.25) is 9.13 Å². The molecule has 3 rings (SSSR count). The Balaban J connectivity index is 2.02. The molecule has 1 N–H and O–H groups in total. The second kappa shape index (κ2) is 8.83. The minimum atomic E-state index is -4.62. The molecule has 8 heteroatoms. The molecule has 0 bridgehead atoms. The molecule has 0 atom stereocenters. The van der Waals surface area contributed by atoms with Crippen LogP contribution in [0.4, 0.5) is 13.2 Å². The van der Waals surface area contributed by atoms with Crippen LogP contribution in [-0.4, -0.2) is 20.2 Å². The van der Waals surface area contributed by atoms with E-state index in [1.54, 1.807) is 49.4 Å². The predicted octanol–water partition coefficient (Wildman–Crippen LogP) is 5.05. The van der Waals surface area contributed by atoms with Gasteiger partial charge in [0.1, 0.15) is 5.69 Å². The van der Waals surface area contributed by atoms with Gasteiger partial charge in [-0.15, -0.1) is 0 Å². The summed E-state index contributed by atoms with van der Waals surface area (Å²) in [5, 5.41) is 9.37. The van der Waals surface area contributed by atoms with Crippen LogP contribution in [-0.2, 0) is 25.7 Å². The van der Waals surface area contributed by atoms with Gasteiger partial charge in [-0.25, -0.2) is 9.59 Å². The number of benzene rings is 2. The third kappa shape index (κ3) is 4.42. The van der Waals surface area contributed by atoms with Crippen LogP contribution in [0.1, 0.15) is 47.6 Å². The zero-order valence-electron chi connectivity index (χ0n) is 17.2. The minimum absolute atomic E-state index is 0.00506. The molecule has 0 amide bonds. The van der Waals surface area contributed by atoms with E-state index in [0.717, 1.165) is 4.57 Å². The molecule has 0 spiro atoms. The van der Waals surface area contributed by atoms with Crippen LogP contribution in [0.15, 0.2) is 53.3 Å². The van der Waals surface area contributed by atoms with Crippen molar-refractivity contribution in [2.45, 2.75) is 46.0 Å². The van der Waals surface area contributed by atoms with Crippen LogP contribution in [0, 0.1) is 0 Å². The second-order valence-corrected chi connectivity index (χ2v) is 7.20. The fourth-order valence-corrected chi connectivity index (χ4v) is 3.80. The van der Waals surface area contributed by atoms with Gasteiger partial charge in [0.25, 0.3) is 0 Å².